The van der Waals surface area contributed by atoms with Crippen molar-refractivity contribution in [3.63, 3.8) is 0 Å². The Kier molecular flexibility index (Phi) is 4.12. The molecule has 38 valence electrons. The van der Waals surface area contributed by atoms with Crippen LogP contribution in [0.3, 0.4) is 0 Å². The average Bonchev–Trinajstić information content (AvgIpc) is 1.35. The van der Waals surface area contributed by atoms with Crippen LogP contribution in [0.1, 0.15) is 13.3 Å². The third-order valence-corrected chi connectivity index (χ3v) is 0.943. The summed E-state index contributed by atoms with van der Waals surface area (Å²) in [5, 5.41) is 0.238. The topological polar surface area (TPSA) is 0 Å². The molecule has 0 amide bonds. The molecule has 0 aromatic heterocycles. The molecule has 0 nitrogen and oxygen atoms in total. The Hall–Kier alpha value is 0.580. The van der Waals surface area contributed by atoms with Crippen molar-refractivity contribution in [3.8, 4) is 0 Å². The second-order valence-electron chi connectivity index (χ2n) is 1.26. The number of rotatable bonds is 2. The fraction of sp³-hybridized carbons (Fsp3) is 1.00. The van der Waals surface area contributed by atoms with Crippen molar-refractivity contribution < 1.29 is 0 Å². The number of hydrogen-bond acceptors (Lipinski definition) is 0. The Morgan fingerprint density at radius 2 is 2.17 bits per heavy atom. The van der Waals surface area contributed by atoms with E-state index in [0.29, 0.717) is 5.88 Å². The molecule has 0 radical (unpaired) electrons. The van der Waals surface area contributed by atoms with E-state index in [1.165, 1.54) is 0 Å². The van der Waals surface area contributed by atoms with Gasteiger partial charge >= 0.3 is 0 Å². The standard InChI is InChI=1S/C4H8Cl2/c1-4(6)2-3-5/h4H,2-3H2,1H3/t4-/m1/s1. The fourth-order valence-corrected chi connectivity index (χ4v) is 0.698. The Morgan fingerprint density at radius 3 is 2.17 bits per heavy atom. The second kappa shape index (κ2) is 3.76. The van der Waals surface area contributed by atoms with Crippen LogP contribution in [0.25, 0.3) is 0 Å². The monoisotopic (exact) mass is 126 g/mol. The van der Waals surface area contributed by atoms with Crippen LogP contribution in [0, 0.1) is 0 Å². The van der Waals surface area contributed by atoms with E-state index in [9.17, 15) is 0 Å². The van der Waals surface area contributed by atoms with E-state index in [0.717, 1.165) is 6.42 Å². The van der Waals surface area contributed by atoms with Crippen LogP contribution < -0.4 is 0 Å². The zero-order valence-electron chi connectivity index (χ0n) is 3.75. The smallest absolute Gasteiger partial charge is 0.0319 e. The maximum Gasteiger partial charge on any atom is 0.0319 e. The highest BCUT2D eigenvalue weighted by atomic mass is 35.5. The van der Waals surface area contributed by atoms with E-state index in [4.69, 9.17) is 23.2 Å². The van der Waals surface area contributed by atoms with Crippen LogP contribution >= 0.6 is 23.2 Å². The molecule has 0 aromatic carbocycles. The number of hydrogen-bond donors (Lipinski definition) is 0. The van der Waals surface area contributed by atoms with Gasteiger partial charge in [-0.15, -0.1) is 23.2 Å². The summed E-state index contributed by atoms with van der Waals surface area (Å²) >= 11 is 10.8. The Bertz CT molecular complexity index is 26.7. The van der Waals surface area contributed by atoms with Crippen molar-refractivity contribution in [1.29, 1.82) is 0 Å². The van der Waals surface area contributed by atoms with Gasteiger partial charge in [0, 0.05) is 11.3 Å². The quantitative estimate of drug-likeness (QED) is 0.499. The first-order valence-electron chi connectivity index (χ1n) is 1.97. The van der Waals surface area contributed by atoms with E-state index in [1.54, 1.807) is 0 Å². The summed E-state index contributed by atoms with van der Waals surface area (Å²) < 4.78 is 0. The predicted octanol–water partition coefficient (Wildman–Crippen LogP) is 2.24. The molecule has 2 heteroatoms. The van der Waals surface area contributed by atoms with E-state index < -0.39 is 0 Å². The van der Waals surface area contributed by atoms with E-state index in [1.807, 2.05) is 6.92 Å². The third-order valence-electron chi connectivity index (χ3n) is 0.507. The minimum Gasteiger partial charge on any atom is -0.127 e. The molecule has 0 aliphatic rings. The normalized spacial score (nSPS) is 14.5. The van der Waals surface area contributed by atoms with E-state index in [-0.39, 0.29) is 5.38 Å². The summed E-state index contributed by atoms with van der Waals surface area (Å²) in [5.74, 6) is 0.671. The first-order chi connectivity index (χ1) is 2.77. The van der Waals surface area contributed by atoms with Crippen LogP contribution in [0.2, 0.25) is 0 Å². The molecule has 0 N–H and O–H groups in total. The highest BCUT2D eigenvalue weighted by molar-refractivity contribution is 6.22. The van der Waals surface area contributed by atoms with Gasteiger partial charge in [-0.1, -0.05) is 0 Å². The lowest BCUT2D eigenvalue weighted by atomic mass is 10.4. The van der Waals surface area contributed by atoms with Gasteiger partial charge in [0.2, 0.25) is 0 Å². The molecule has 6 heavy (non-hydrogen) atoms. The van der Waals surface area contributed by atoms with Gasteiger partial charge in [-0.05, 0) is 13.3 Å². The average molecular weight is 127 g/mol. The maximum atomic E-state index is 5.49. The van der Waals surface area contributed by atoms with Gasteiger partial charge in [0.15, 0.2) is 0 Å². The zero-order valence-corrected chi connectivity index (χ0v) is 5.26. The van der Waals surface area contributed by atoms with Crippen molar-refractivity contribution >= 4 is 23.2 Å². The van der Waals surface area contributed by atoms with Crippen LogP contribution in [0.15, 0.2) is 0 Å². The lowest BCUT2D eigenvalue weighted by Crippen LogP contribution is -1.88. The van der Waals surface area contributed by atoms with Gasteiger partial charge < -0.3 is 0 Å². The highest BCUT2D eigenvalue weighted by Gasteiger charge is 1.89. The molecule has 0 heterocycles. The first-order valence-corrected chi connectivity index (χ1v) is 2.94. The molecule has 0 aliphatic heterocycles. The summed E-state index contributed by atoms with van der Waals surface area (Å²) in [6.45, 7) is 1.93. The molecule has 0 unspecified atom stereocenters. The van der Waals surface area contributed by atoms with Gasteiger partial charge in [-0.25, -0.2) is 0 Å². The van der Waals surface area contributed by atoms with Crippen molar-refractivity contribution in [3.05, 3.63) is 0 Å². The molecule has 0 aliphatic carbocycles. The summed E-state index contributed by atoms with van der Waals surface area (Å²) in [6, 6.07) is 0. The summed E-state index contributed by atoms with van der Waals surface area (Å²) in [6.07, 6.45) is 0.906. The fourth-order valence-electron chi connectivity index (χ4n) is 0.150. The van der Waals surface area contributed by atoms with Gasteiger partial charge in [-0.3, -0.25) is 0 Å². The van der Waals surface area contributed by atoms with Crippen LogP contribution in [-0.4, -0.2) is 11.3 Å². The predicted molar refractivity (Wildman–Crippen MR) is 30.7 cm³/mol. The van der Waals surface area contributed by atoms with E-state index in [2.05, 4.69) is 0 Å². The largest absolute Gasteiger partial charge is 0.127 e. The minimum absolute atomic E-state index is 0.238. The molecule has 0 rings (SSSR count). The van der Waals surface area contributed by atoms with Gasteiger partial charge in [0.05, 0.1) is 0 Å². The number of alkyl halides is 2. The molecule has 1 atom stereocenters. The Morgan fingerprint density at radius 1 is 1.67 bits per heavy atom. The van der Waals surface area contributed by atoms with Crippen molar-refractivity contribution in [2.45, 2.75) is 18.7 Å². The molecular formula is C4H8Cl2. The minimum atomic E-state index is 0.238. The van der Waals surface area contributed by atoms with Gasteiger partial charge in [0.1, 0.15) is 0 Å². The Balaban J connectivity index is 2.63. The van der Waals surface area contributed by atoms with E-state index >= 15 is 0 Å². The summed E-state index contributed by atoms with van der Waals surface area (Å²) in [4.78, 5) is 0. The molecular weight excluding hydrogens is 119 g/mol. The Labute approximate surface area is 48.4 Å². The summed E-state index contributed by atoms with van der Waals surface area (Å²) in [7, 11) is 0. The third kappa shape index (κ3) is 4.58. The SMILES string of the molecule is C[C@@H](Cl)CCCl. The molecule has 0 fully saturated rings. The highest BCUT2D eigenvalue weighted by Crippen LogP contribution is 1.99. The van der Waals surface area contributed by atoms with Gasteiger partial charge in [-0.2, -0.15) is 0 Å². The van der Waals surface area contributed by atoms with Crippen LogP contribution in [-0.2, 0) is 0 Å². The molecule has 0 saturated heterocycles. The second-order valence-corrected chi connectivity index (χ2v) is 2.38. The van der Waals surface area contributed by atoms with Crippen LogP contribution in [0.4, 0.5) is 0 Å². The lowest BCUT2D eigenvalue weighted by molar-refractivity contribution is 0.902. The summed E-state index contributed by atoms with van der Waals surface area (Å²) in [5.41, 5.74) is 0. The molecule has 0 aromatic rings. The van der Waals surface area contributed by atoms with Crippen molar-refractivity contribution in [2.75, 3.05) is 5.88 Å². The van der Waals surface area contributed by atoms with Crippen molar-refractivity contribution in [1.82, 2.24) is 0 Å². The van der Waals surface area contributed by atoms with Gasteiger partial charge in [0.25, 0.3) is 0 Å². The lowest BCUT2D eigenvalue weighted by Gasteiger charge is -1.92. The molecule has 0 saturated carbocycles. The first kappa shape index (κ1) is 6.58. The maximum absolute atomic E-state index is 5.49. The molecule has 0 spiro atoms. The zero-order chi connectivity index (χ0) is 4.99. The van der Waals surface area contributed by atoms with Crippen LogP contribution in [0.5, 0.6) is 0 Å². The molecule has 0 bridgehead atoms. The number of halogens is 2. The van der Waals surface area contributed by atoms with Crippen molar-refractivity contribution in [2.24, 2.45) is 0 Å².